The van der Waals surface area contributed by atoms with Gasteiger partial charge in [-0.05, 0) is 60.7 Å². The molecular weight excluding hydrogens is 452 g/mol. The lowest BCUT2D eigenvalue weighted by Gasteiger charge is -2.24. The van der Waals surface area contributed by atoms with E-state index in [9.17, 15) is 30.8 Å². The van der Waals surface area contributed by atoms with Crippen LogP contribution in [-0.2, 0) is 14.8 Å². The number of anilines is 2. The largest absolute Gasteiger partial charge is 0.573 e. The smallest absolute Gasteiger partial charge is 0.406 e. The van der Waals surface area contributed by atoms with Gasteiger partial charge in [0.05, 0.1) is 10.6 Å². The third-order valence-corrected chi connectivity index (χ3v) is 5.89. The van der Waals surface area contributed by atoms with Gasteiger partial charge in [-0.15, -0.1) is 13.2 Å². The molecule has 0 unspecified atom stereocenters. The van der Waals surface area contributed by atoms with Gasteiger partial charge < -0.3 is 10.1 Å². The van der Waals surface area contributed by atoms with Gasteiger partial charge in [0.25, 0.3) is 10.0 Å². The molecule has 0 aliphatic heterocycles. The molecule has 0 bridgehead atoms. The van der Waals surface area contributed by atoms with E-state index in [1.54, 1.807) is 6.07 Å². The molecule has 0 aromatic heterocycles. The van der Waals surface area contributed by atoms with Crippen molar-refractivity contribution in [3.05, 3.63) is 84.7 Å². The van der Waals surface area contributed by atoms with Crippen molar-refractivity contribution in [2.24, 2.45) is 0 Å². The van der Waals surface area contributed by atoms with Crippen LogP contribution in [0.1, 0.15) is 0 Å². The van der Waals surface area contributed by atoms with Crippen LogP contribution < -0.4 is 14.4 Å². The molecule has 0 saturated carbocycles. The maximum atomic E-state index is 13.3. The SMILES string of the molecule is O=C(CN(c1ccc(F)cc1)S(=O)(=O)c1ccccc1)Nc1ccc(OC(F)(F)F)cc1. The van der Waals surface area contributed by atoms with Gasteiger partial charge in [-0.3, -0.25) is 9.10 Å². The highest BCUT2D eigenvalue weighted by molar-refractivity contribution is 7.92. The van der Waals surface area contributed by atoms with Gasteiger partial charge in [-0.2, -0.15) is 0 Å². The zero-order valence-corrected chi connectivity index (χ0v) is 17.0. The molecule has 0 fully saturated rings. The van der Waals surface area contributed by atoms with Gasteiger partial charge in [0.2, 0.25) is 5.91 Å². The van der Waals surface area contributed by atoms with Crippen molar-refractivity contribution in [3.63, 3.8) is 0 Å². The van der Waals surface area contributed by atoms with E-state index in [2.05, 4.69) is 10.1 Å². The molecule has 3 aromatic rings. The van der Waals surface area contributed by atoms with Crippen LogP contribution in [0.15, 0.2) is 83.8 Å². The van der Waals surface area contributed by atoms with E-state index >= 15 is 0 Å². The summed E-state index contributed by atoms with van der Waals surface area (Å²) in [6.07, 6.45) is -4.85. The minimum absolute atomic E-state index is 0.0549. The second kappa shape index (κ2) is 9.27. The number of rotatable bonds is 7. The number of hydrogen-bond donors (Lipinski definition) is 1. The van der Waals surface area contributed by atoms with E-state index in [0.29, 0.717) is 0 Å². The Balaban J connectivity index is 1.82. The normalized spacial score (nSPS) is 11.6. The van der Waals surface area contributed by atoms with E-state index in [1.165, 1.54) is 48.5 Å². The summed E-state index contributed by atoms with van der Waals surface area (Å²) in [5.74, 6) is -1.83. The Labute approximate surface area is 181 Å². The highest BCUT2D eigenvalue weighted by atomic mass is 32.2. The van der Waals surface area contributed by atoms with Gasteiger partial charge in [-0.1, -0.05) is 18.2 Å². The third kappa shape index (κ3) is 5.97. The molecule has 0 aliphatic carbocycles. The molecule has 0 saturated heterocycles. The second-order valence-electron chi connectivity index (χ2n) is 6.42. The van der Waals surface area contributed by atoms with Crippen LogP contribution in [0.5, 0.6) is 5.75 Å². The minimum atomic E-state index is -4.85. The van der Waals surface area contributed by atoms with Crippen molar-refractivity contribution in [1.82, 2.24) is 0 Å². The van der Waals surface area contributed by atoms with Crippen LogP contribution >= 0.6 is 0 Å². The number of ether oxygens (including phenoxy) is 1. The number of carbonyl (C=O) groups is 1. The lowest BCUT2D eigenvalue weighted by atomic mass is 10.3. The summed E-state index contributed by atoms with van der Waals surface area (Å²) in [6, 6.07) is 16.2. The first-order chi connectivity index (χ1) is 15.0. The van der Waals surface area contributed by atoms with E-state index in [1.807, 2.05) is 0 Å². The number of sulfonamides is 1. The van der Waals surface area contributed by atoms with Crippen molar-refractivity contribution in [1.29, 1.82) is 0 Å². The van der Waals surface area contributed by atoms with Crippen molar-refractivity contribution in [2.45, 2.75) is 11.3 Å². The quantitative estimate of drug-likeness (QED) is 0.516. The number of benzene rings is 3. The van der Waals surface area contributed by atoms with Crippen molar-refractivity contribution >= 4 is 27.3 Å². The first-order valence-corrected chi connectivity index (χ1v) is 10.5. The first-order valence-electron chi connectivity index (χ1n) is 9.04. The summed E-state index contributed by atoms with van der Waals surface area (Å²) in [6.45, 7) is -0.663. The molecule has 3 aromatic carbocycles. The molecule has 6 nitrogen and oxygen atoms in total. The summed E-state index contributed by atoms with van der Waals surface area (Å²) in [7, 11) is -4.18. The molecule has 0 spiro atoms. The van der Waals surface area contributed by atoms with Crippen LogP contribution in [0, 0.1) is 5.82 Å². The lowest BCUT2D eigenvalue weighted by Crippen LogP contribution is -2.38. The van der Waals surface area contributed by atoms with E-state index < -0.39 is 40.4 Å². The van der Waals surface area contributed by atoms with E-state index in [4.69, 9.17) is 0 Å². The van der Waals surface area contributed by atoms with Crippen LogP contribution in [0.3, 0.4) is 0 Å². The molecule has 1 amide bonds. The Hall–Kier alpha value is -3.60. The number of halogens is 4. The van der Waals surface area contributed by atoms with Crippen LogP contribution in [0.25, 0.3) is 0 Å². The van der Waals surface area contributed by atoms with Crippen molar-refractivity contribution < 1.29 is 35.5 Å². The van der Waals surface area contributed by atoms with Gasteiger partial charge in [-0.25, -0.2) is 12.8 Å². The molecule has 0 atom stereocenters. The summed E-state index contributed by atoms with van der Waals surface area (Å²) < 4.78 is 80.9. The summed E-state index contributed by atoms with van der Waals surface area (Å²) in [4.78, 5) is 12.5. The summed E-state index contributed by atoms with van der Waals surface area (Å²) in [5.41, 5.74) is 0.181. The zero-order valence-electron chi connectivity index (χ0n) is 16.2. The highest BCUT2D eigenvalue weighted by Gasteiger charge is 2.31. The maximum absolute atomic E-state index is 13.3. The first kappa shape index (κ1) is 23.1. The third-order valence-electron chi connectivity index (χ3n) is 4.10. The van der Waals surface area contributed by atoms with Gasteiger partial charge in [0.15, 0.2) is 0 Å². The lowest BCUT2D eigenvalue weighted by molar-refractivity contribution is -0.274. The fraction of sp³-hybridized carbons (Fsp3) is 0.0952. The molecule has 11 heteroatoms. The maximum Gasteiger partial charge on any atom is 0.573 e. The van der Waals surface area contributed by atoms with Crippen LogP contribution in [0.2, 0.25) is 0 Å². The number of nitrogens with zero attached hydrogens (tertiary/aromatic N) is 1. The topological polar surface area (TPSA) is 75.7 Å². The standard InChI is InChI=1S/C21H16F4N2O4S/c22-15-6-10-17(11-7-15)27(32(29,30)19-4-2-1-3-5-19)14-20(28)26-16-8-12-18(13-9-16)31-21(23,24)25/h1-13H,14H2,(H,26,28). The monoisotopic (exact) mass is 468 g/mol. The zero-order chi connectivity index (χ0) is 23.4. The average molecular weight is 468 g/mol. The van der Waals surface area contributed by atoms with Gasteiger partial charge >= 0.3 is 6.36 Å². The van der Waals surface area contributed by atoms with Crippen LogP contribution in [0.4, 0.5) is 28.9 Å². The predicted molar refractivity (Wildman–Crippen MR) is 109 cm³/mol. The minimum Gasteiger partial charge on any atom is -0.406 e. The highest BCUT2D eigenvalue weighted by Crippen LogP contribution is 2.26. The number of alkyl halides is 3. The van der Waals surface area contributed by atoms with Crippen molar-refractivity contribution in [2.75, 3.05) is 16.2 Å². The molecule has 0 radical (unpaired) electrons. The fourth-order valence-corrected chi connectivity index (χ4v) is 4.16. The summed E-state index contributed by atoms with van der Waals surface area (Å²) >= 11 is 0. The molecule has 1 N–H and O–H groups in total. The Morgan fingerprint density at radius 1 is 0.906 bits per heavy atom. The molecule has 0 heterocycles. The predicted octanol–water partition coefficient (Wildman–Crippen LogP) is 4.56. The van der Waals surface area contributed by atoms with Crippen LogP contribution in [-0.4, -0.2) is 27.2 Å². The van der Waals surface area contributed by atoms with Crippen molar-refractivity contribution in [3.8, 4) is 5.75 Å². The number of carbonyl (C=O) groups excluding carboxylic acids is 1. The average Bonchev–Trinajstić information content (AvgIpc) is 2.74. The summed E-state index contributed by atoms with van der Waals surface area (Å²) in [5, 5.41) is 2.41. The number of amides is 1. The molecule has 3 rings (SSSR count). The Kier molecular flexibility index (Phi) is 6.68. The number of hydrogen-bond acceptors (Lipinski definition) is 4. The second-order valence-corrected chi connectivity index (χ2v) is 8.28. The molecule has 168 valence electrons. The van der Waals surface area contributed by atoms with Gasteiger partial charge in [0.1, 0.15) is 18.1 Å². The molecule has 0 aliphatic rings. The number of nitrogens with one attached hydrogen (secondary N) is 1. The van der Waals surface area contributed by atoms with E-state index in [-0.39, 0.29) is 16.3 Å². The van der Waals surface area contributed by atoms with E-state index in [0.717, 1.165) is 28.6 Å². The fourth-order valence-electron chi connectivity index (χ4n) is 2.71. The Morgan fingerprint density at radius 3 is 2.06 bits per heavy atom. The Morgan fingerprint density at radius 2 is 1.50 bits per heavy atom. The molecule has 32 heavy (non-hydrogen) atoms. The molecular formula is C21H16F4N2O4S. The van der Waals surface area contributed by atoms with Gasteiger partial charge in [0, 0.05) is 5.69 Å². The Bertz CT molecular complexity index is 1170.